The van der Waals surface area contributed by atoms with Gasteiger partial charge in [-0.25, -0.2) is 13.4 Å². The first-order valence-electron chi connectivity index (χ1n) is 9.91. The zero-order valence-electron chi connectivity index (χ0n) is 17.6. The van der Waals surface area contributed by atoms with Crippen LogP contribution in [0.25, 0.3) is 0 Å². The van der Waals surface area contributed by atoms with Gasteiger partial charge in [-0.1, -0.05) is 36.4 Å². The van der Waals surface area contributed by atoms with E-state index in [1.165, 1.54) is 11.8 Å². The number of amides is 1. The summed E-state index contributed by atoms with van der Waals surface area (Å²) in [6.07, 6.45) is 2.42. The van der Waals surface area contributed by atoms with Gasteiger partial charge in [0.25, 0.3) is 15.9 Å². The van der Waals surface area contributed by atoms with E-state index < -0.39 is 10.0 Å². The minimum Gasteiger partial charge on any atom is -0.350 e. The SMILES string of the molecule is CC[C@H](C)NC(=O)c1ccc(Sc2ccc(NS(=O)(=O)c3ccc(C)cc3)cc2)nc1. The minimum atomic E-state index is -3.63. The van der Waals surface area contributed by atoms with Gasteiger partial charge in [-0.05, 0) is 68.8 Å². The molecule has 0 aliphatic carbocycles. The van der Waals surface area contributed by atoms with Crippen LogP contribution in [0.4, 0.5) is 5.69 Å². The summed E-state index contributed by atoms with van der Waals surface area (Å²) in [7, 11) is -3.63. The lowest BCUT2D eigenvalue weighted by molar-refractivity contribution is 0.0939. The van der Waals surface area contributed by atoms with Crippen LogP contribution in [-0.4, -0.2) is 25.4 Å². The van der Waals surface area contributed by atoms with Gasteiger partial charge in [0.05, 0.1) is 10.5 Å². The Morgan fingerprint density at radius 1 is 1.03 bits per heavy atom. The number of hydrogen-bond donors (Lipinski definition) is 2. The summed E-state index contributed by atoms with van der Waals surface area (Å²) in [5.41, 5.74) is 2.00. The van der Waals surface area contributed by atoms with Crippen molar-refractivity contribution in [3.8, 4) is 0 Å². The minimum absolute atomic E-state index is 0.114. The Balaban J connectivity index is 1.63. The molecule has 31 heavy (non-hydrogen) atoms. The Morgan fingerprint density at radius 2 is 1.71 bits per heavy atom. The van der Waals surface area contributed by atoms with E-state index in [1.807, 2.05) is 32.9 Å². The molecule has 1 heterocycles. The van der Waals surface area contributed by atoms with E-state index in [2.05, 4.69) is 15.0 Å². The number of hydrogen-bond acceptors (Lipinski definition) is 5. The van der Waals surface area contributed by atoms with Gasteiger partial charge < -0.3 is 5.32 Å². The highest BCUT2D eigenvalue weighted by Crippen LogP contribution is 2.27. The number of nitrogens with one attached hydrogen (secondary N) is 2. The quantitative estimate of drug-likeness (QED) is 0.506. The van der Waals surface area contributed by atoms with Crippen LogP contribution < -0.4 is 10.0 Å². The maximum absolute atomic E-state index is 12.5. The predicted octanol–water partition coefficient (Wildman–Crippen LogP) is 4.87. The van der Waals surface area contributed by atoms with E-state index >= 15 is 0 Å². The standard InChI is InChI=1S/C23H25N3O3S2/c1-4-17(3)25-23(27)18-7-14-22(24-15-18)30-20-10-8-19(9-11-20)26-31(28,29)21-12-5-16(2)6-13-21/h5-15,17,26H,4H2,1-3H3,(H,25,27)/t17-/m0/s1. The lowest BCUT2D eigenvalue weighted by atomic mass is 10.2. The van der Waals surface area contributed by atoms with Crippen molar-refractivity contribution in [2.24, 2.45) is 0 Å². The topological polar surface area (TPSA) is 88.2 Å². The smallest absolute Gasteiger partial charge is 0.261 e. The number of aryl methyl sites for hydroxylation is 1. The fraction of sp³-hybridized carbons (Fsp3) is 0.217. The number of nitrogens with zero attached hydrogens (tertiary/aromatic N) is 1. The van der Waals surface area contributed by atoms with Gasteiger partial charge in [0, 0.05) is 22.8 Å². The molecule has 0 radical (unpaired) electrons. The van der Waals surface area contributed by atoms with Crippen LogP contribution in [-0.2, 0) is 10.0 Å². The molecule has 0 aliphatic rings. The Morgan fingerprint density at radius 3 is 2.29 bits per heavy atom. The molecule has 0 aliphatic heterocycles. The van der Waals surface area contributed by atoms with Crippen molar-refractivity contribution >= 4 is 33.4 Å². The molecule has 0 saturated heterocycles. The zero-order valence-corrected chi connectivity index (χ0v) is 19.3. The van der Waals surface area contributed by atoms with Crippen LogP contribution in [0.5, 0.6) is 0 Å². The molecule has 3 rings (SSSR count). The Labute approximate surface area is 187 Å². The second-order valence-corrected chi connectivity index (χ2v) is 9.99. The maximum Gasteiger partial charge on any atom is 0.261 e. The normalized spacial score (nSPS) is 12.2. The molecular weight excluding hydrogens is 430 g/mol. The van der Waals surface area contributed by atoms with Crippen molar-refractivity contribution < 1.29 is 13.2 Å². The van der Waals surface area contributed by atoms with E-state index in [9.17, 15) is 13.2 Å². The lowest BCUT2D eigenvalue weighted by Gasteiger charge is -2.11. The van der Waals surface area contributed by atoms with Crippen LogP contribution in [0.2, 0.25) is 0 Å². The summed E-state index contributed by atoms with van der Waals surface area (Å²) in [6.45, 7) is 5.88. The second kappa shape index (κ2) is 9.98. The van der Waals surface area contributed by atoms with Crippen molar-refractivity contribution in [1.29, 1.82) is 0 Å². The number of carbonyl (C=O) groups is 1. The highest BCUT2D eigenvalue weighted by molar-refractivity contribution is 7.99. The van der Waals surface area contributed by atoms with Crippen LogP contribution in [0, 0.1) is 6.92 Å². The Bertz CT molecular complexity index is 1130. The molecule has 1 atom stereocenters. The highest BCUT2D eigenvalue weighted by atomic mass is 32.2. The third kappa shape index (κ3) is 6.32. The van der Waals surface area contributed by atoms with Crippen LogP contribution >= 0.6 is 11.8 Å². The first-order valence-corrected chi connectivity index (χ1v) is 12.2. The highest BCUT2D eigenvalue weighted by Gasteiger charge is 2.14. The summed E-state index contributed by atoms with van der Waals surface area (Å²) in [5, 5.41) is 3.66. The summed E-state index contributed by atoms with van der Waals surface area (Å²) >= 11 is 1.43. The zero-order chi connectivity index (χ0) is 22.4. The monoisotopic (exact) mass is 455 g/mol. The average molecular weight is 456 g/mol. The predicted molar refractivity (Wildman–Crippen MR) is 124 cm³/mol. The molecule has 3 aromatic rings. The number of sulfonamides is 1. The van der Waals surface area contributed by atoms with Crippen LogP contribution in [0.3, 0.4) is 0 Å². The molecule has 0 fully saturated rings. The van der Waals surface area contributed by atoms with E-state index in [0.717, 1.165) is 21.9 Å². The largest absolute Gasteiger partial charge is 0.350 e. The molecule has 0 saturated carbocycles. The molecule has 162 valence electrons. The van der Waals surface area contributed by atoms with E-state index in [-0.39, 0.29) is 16.8 Å². The van der Waals surface area contributed by atoms with Crippen molar-refractivity contribution in [2.45, 2.75) is 48.1 Å². The fourth-order valence-corrected chi connectivity index (χ4v) is 4.44. The van der Waals surface area contributed by atoms with E-state index in [1.54, 1.807) is 54.7 Å². The summed E-state index contributed by atoms with van der Waals surface area (Å²) in [4.78, 5) is 17.6. The molecule has 2 aromatic carbocycles. The Hall–Kier alpha value is -2.84. The summed E-state index contributed by atoms with van der Waals surface area (Å²) in [6, 6.07) is 17.4. The first kappa shape index (κ1) is 22.8. The molecule has 0 bridgehead atoms. The Kier molecular flexibility index (Phi) is 7.35. The molecular formula is C23H25N3O3S2. The molecule has 2 N–H and O–H groups in total. The van der Waals surface area contributed by atoms with Crippen molar-refractivity contribution in [3.63, 3.8) is 0 Å². The van der Waals surface area contributed by atoms with Crippen molar-refractivity contribution in [2.75, 3.05) is 4.72 Å². The average Bonchev–Trinajstić information content (AvgIpc) is 2.75. The fourth-order valence-electron chi connectivity index (χ4n) is 2.63. The first-order chi connectivity index (χ1) is 14.8. The number of carbonyl (C=O) groups excluding carboxylic acids is 1. The maximum atomic E-state index is 12.5. The van der Waals surface area contributed by atoms with Gasteiger partial charge >= 0.3 is 0 Å². The van der Waals surface area contributed by atoms with Crippen molar-refractivity contribution in [1.82, 2.24) is 10.3 Å². The number of pyridine rings is 1. The lowest BCUT2D eigenvalue weighted by Crippen LogP contribution is -2.31. The summed E-state index contributed by atoms with van der Waals surface area (Å²) in [5.74, 6) is -0.136. The number of aromatic nitrogens is 1. The van der Waals surface area contributed by atoms with Gasteiger partial charge in [0.15, 0.2) is 0 Å². The molecule has 8 heteroatoms. The van der Waals surface area contributed by atoms with Gasteiger partial charge in [0.1, 0.15) is 5.03 Å². The summed E-state index contributed by atoms with van der Waals surface area (Å²) < 4.78 is 27.6. The van der Waals surface area contributed by atoms with Crippen LogP contribution in [0.1, 0.15) is 36.2 Å². The third-order valence-corrected chi connectivity index (χ3v) is 7.00. The van der Waals surface area contributed by atoms with Gasteiger partial charge in [-0.3, -0.25) is 9.52 Å². The van der Waals surface area contributed by atoms with Crippen molar-refractivity contribution in [3.05, 3.63) is 78.0 Å². The second-order valence-electron chi connectivity index (χ2n) is 7.21. The van der Waals surface area contributed by atoms with E-state index in [0.29, 0.717) is 11.3 Å². The molecule has 0 spiro atoms. The van der Waals surface area contributed by atoms with Gasteiger partial charge in [-0.2, -0.15) is 0 Å². The molecule has 1 amide bonds. The van der Waals surface area contributed by atoms with Gasteiger partial charge in [0.2, 0.25) is 0 Å². The molecule has 6 nitrogen and oxygen atoms in total. The third-order valence-electron chi connectivity index (χ3n) is 4.65. The number of rotatable bonds is 8. The van der Waals surface area contributed by atoms with Gasteiger partial charge in [-0.15, -0.1) is 0 Å². The molecule has 0 unspecified atom stereocenters. The number of anilines is 1. The van der Waals surface area contributed by atoms with Crippen LogP contribution in [0.15, 0.2) is 81.7 Å². The molecule has 1 aromatic heterocycles. The number of benzene rings is 2. The van der Waals surface area contributed by atoms with E-state index in [4.69, 9.17) is 0 Å².